The molecule has 1 saturated heterocycles. The number of sulfone groups is 1. The van der Waals surface area contributed by atoms with E-state index in [1.807, 2.05) is 6.07 Å². The number of piperidine rings is 1. The van der Waals surface area contributed by atoms with Crippen LogP contribution < -0.4 is 5.32 Å². The molecule has 0 saturated carbocycles. The maximum absolute atomic E-state index is 12.8. The number of nitriles is 1. The number of nitrogens with zero attached hydrogens (tertiary/aromatic N) is 2. The van der Waals surface area contributed by atoms with Crippen LogP contribution in [0, 0.1) is 17.2 Å². The lowest BCUT2D eigenvalue weighted by Crippen LogP contribution is -2.41. The number of benzene rings is 1. The lowest BCUT2D eigenvalue weighted by molar-refractivity contribution is -0.120. The summed E-state index contributed by atoms with van der Waals surface area (Å²) < 4.78 is 50.0. The van der Waals surface area contributed by atoms with Crippen LogP contribution in [-0.2, 0) is 24.7 Å². The van der Waals surface area contributed by atoms with Gasteiger partial charge in [0, 0.05) is 25.3 Å². The van der Waals surface area contributed by atoms with Crippen molar-refractivity contribution in [3.8, 4) is 6.07 Å². The Morgan fingerprint density at radius 3 is 2.24 bits per heavy atom. The number of carbonyl (C=O) groups is 1. The van der Waals surface area contributed by atoms with Gasteiger partial charge in [-0.05, 0) is 48.6 Å². The Morgan fingerprint density at radius 1 is 1.10 bits per heavy atom. The van der Waals surface area contributed by atoms with Gasteiger partial charge in [-0.2, -0.15) is 9.57 Å². The van der Waals surface area contributed by atoms with Crippen molar-refractivity contribution in [3.05, 3.63) is 41.3 Å². The lowest BCUT2D eigenvalue weighted by Gasteiger charge is -2.30. The van der Waals surface area contributed by atoms with Crippen molar-refractivity contribution < 1.29 is 21.6 Å². The van der Waals surface area contributed by atoms with Gasteiger partial charge < -0.3 is 5.32 Å². The highest BCUT2D eigenvalue weighted by atomic mass is 32.2. The van der Waals surface area contributed by atoms with Crippen LogP contribution in [0.1, 0.15) is 18.4 Å². The molecule has 0 aliphatic carbocycles. The Morgan fingerprint density at radius 2 is 1.69 bits per heavy atom. The fourth-order valence-corrected chi connectivity index (χ4v) is 5.91. The van der Waals surface area contributed by atoms with Crippen molar-refractivity contribution in [2.75, 3.05) is 24.7 Å². The summed E-state index contributed by atoms with van der Waals surface area (Å²) in [5.41, 5.74) is 0.404. The van der Waals surface area contributed by atoms with E-state index in [1.165, 1.54) is 39.9 Å². The zero-order valence-corrected chi connectivity index (χ0v) is 18.0. The molecule has 2 heterocycles. The lowest BCUT2D eigenvalue weighted by atomic mass is 9.97. The van der Waals surface area contributed by atoms with Crippen molar-refractivity contribution >= 4 is 42.1 Å². The number of hydrogen-bond acceptors (Lipinski definition) is 7. The molecule has 29 heavy (non-hydrogen) atoms. The molecular weight excluding hydrogens is 434 g/mol. The largest absolute Gasteiger partial charge is 0.316 e. The van der Waals surface area contributed by atoms with Crippen LogP contribution in [0.3, 0.4) is 0 Å². The summed E-state index contributed by atoms with van der Waals surface area (Å²) >= 11 is 1.27. The van der Waals surface area contributed by atoms with Crippen LogP contribution in [0.15, 0.2) is 45.5 Å². The molecule has 1 fully saturated rings. The van der Waals surface area contributed by atoms with Gasteiger partial charge >= 0.3 is 0 Å². The number of amides is 1. The topological polar surface area (TPSA) is 124 Å². The van der Waals surface area contributed by atoms with Crippen LogP contribution in [-0.4, -0.2) is 46.4 Å². The van der Waals surface area contributed by atoms with Crippen molar-refractivity contribution in [2.45, 2.75) is 22.6 Å². The number of sulfonamides is 1. The van der Waals surface area contributed by atoms with Crippen LogP contribution in [0.5, 0.6) is 0 Å². The summed E-state index contributed by atoms with van der Waals surface area (Å²) in [6.07, 6.45) is 1.78. The van der Waals surface area contributed by atoms with Gasteiger partial charge in [0.15, 0.2) is 9.84 Å². The van der Waals surface area contributed by atoms with Gasteiger partial charge in [0.25, 0.3) is 0 Å². The molecule has 0 bridgehead atoms. The Balaban J connectivity index is 1.65. The summed E-state index contributed by atoms with van der Waals surface area (Å²) in [5, 5.41) is 14.0. The third-order valence-electron chi connectivity index (χ3n) is 4.74. The fraction of sp³-hybridized carbons (Fsp3) is 0.333. The van der Waals surface area contributed by atoms with Gasteiger partial charge in [0.1, 0.15) is 11.1 Å². The molecule has 0 atom stereocenters. The van der Waals surface area contributed by atoms with Crippen LogP contribution in [0.2, 0.25) is 0 Å². The standard InChI is InChI=1S/C18H19N3O5S3/c1-28(23,24)15-2-4-16(5-3-15)29(25,26)21-9-6-13(7-10-21)17(22)20-18-14(12-19)8-11-27-18/h2-5,8,11,13H,6-7,9-10H2,1H3,(H,20,22). The number of hydrogen-bond donors (Lipinski definition) is 1. The summed E-state index contributed by atoms with van der Waals surface area (Å²) in [5.74, 6) is -0.568. The highest BCUT2D eigenvalue weighted by molar-refractivity contribution is 7.90. The van der Waals surface area contributed by atoms with Gasteiger partial charge in [-0.1, -0.05) is 0 Å². The molecule has 1 aromatic heterocycles. The smallest absolute Gasteiger partial charge is 0.243 e. The molecule has 0 unspecified atom stereocenters. The van der Waals surface area contributed by atoms with Gasteiger partial charge in [0.05, 0.1) is 15.4 Å². The SMILES string of the molecule is CS(=O)(=O)c1ccc(S(=O)(=O)N2CCC(C(=O)Nc3sccc3C#N)CC2)cc1. The second-order valence-corrected chi connectivity index (χ2v) is 11.6. The molecule has 1 aromatic carbocycles. The van der Waals surface area contributed by atoms with E-state index in [1.54, 1.807) is 11.4 Å². The minimum atomic E-state index is -3.77. The van der Waals surface area contributed by atoms with Gasteiger partial charge in [-0.15, -0.1) is 11.3 Å². The van der Waals surface area contributed by atoms with Crippen molar-refractivity contribution in [2.24, 2.45) is 5.92 Å². The maximum Gasteiger partial charge on any atom is 0.243 e. The average molecular weight is 454 g/mol. The number of nitrogens with one attached hydrogen (secondary N) is 1. The molecule has 0 radical (unpaired) electrons. The number of anilines is 1. The quantitative estimate of drug-likeness (QED) is 0.739. The predicted octanol–water partition coefficient (Wildman–Crippen LogP) is 2.06. The third kappa shape index (κ3) is 4.67. The highest BCUT2D eigenvalue weighted by Gasteiger charge is 2.32. The molecule has 1 aliphatic rings. The highest BCUT2D eigenvalue weighted by Crippen LogP contribution is 2.27. The Kier molecular flexibility index (Phi) is 6.09. The third-order valence-corrected chi connectivity index (χ3v) is 8.61. The van der Waals surface area contributed by atoms with Gasteiger partial charge in [-0.25, -0.2) is 16.8 Å². The first-order valence-corrected chi connectivity index (χ1v) is 12.9. The van der Waals surface area contributed by atoms with E-state index >= 15 is 0 Å². The minimum absolute atomic E-state index is 0.0186. The molecule has 3 rings (SSSR count). The van der Waals surface area contributed by atoms with Gasteiger partial charge in [0.2, 0.25) is 15.9 Å². The van der Waals surface area contributed by atoms with Crippen LogP contribution in [0.4, 0.5) is 5.00 Å². The second kappa shape index (κ2) is 8.23. The van der Waals surface area contributed by atoms with E-state index < -0.39 is 19.9 Å². The molecule has 8 nitrogen and oxygen atoms in total. The normalized spacial score (nSPS) is 16.3. The van der Waals surface area contributed by atoms with Crippen molar-refractivity contribution in [1.29, 1.82) is 5.26 Å². The number of carbonyl (C=O) groups excluding carboxylic acids is 1. The van der Waals surface area contributed by atoms with E-state index in [2.05, 4.69) is 5.32 Å². The Bertz CT molecular complexity index is 1150. The Labute approximate surface area is 173 Å². The zero-order valence-electron chi connectivity index (χ0n) is 15.5. The maximum atomic E-state index is 12.8. The summed E-state index contributed by atoms with van der Waals surface area (Å²) in [4.78, 5) is 12.5. The van der Waals surface area contributed by atoms with Crippen molar-refractivity contribution in [1.82, 2.24) is 4.31 Å². The molecule has 2 aromatic rings. The average Bonchev–Trinajstić information content (AvgIpc) is 3.14. The van der Waals surface area contributed by atoms with E-state index in [0.717, 1.165) is 6.26 Å². The first kappa shape index (κ1) is 21.4. The Hall–Kier alpha value is -2.26. The number of thiophene rings is 1. The predicted molar refractivity (Wildman–Crippen MR) is 109 cm³/mol. The molecule has 154 valence electrons. The van der Waals surface area contributed by atoms with E-state index in [9.17, 15) is 21.6 Å². The molecule has 11 heteroatoms. The number of rotatable bonds is 5. The fourth-order valence-electron chi connectivity index (χ4n) is 3.07. The molecule has 1 N–H and O–H groups in total. The minimum Gasteiger partial charge on any atom is -0.316 e. The summed E-state index contributed by atoms with van der Waals surface area (Å²) in [6.45, 7) is 0.369. The first-order chi connectivity index (χ1) is 13.6. The zero-order chi connectivity index (χ0) is 21.2. The summed E-state index contributed by atoms with van der Waals surface area (Å²) in [6, 6.07) is 8.76. The van der Waals surface area contributed by atoms with Crippen LogP contribution >= 0.6 is 11.3 Å². The van der Waals surface area contributed by atoms with E-state index in [-0.39, 0.29) is 34.7 Å². The molecular formula is C18H19N3O5S3. The van der Waals surface area contributed by atoms with E-state index in [4.69, 9.17) is 5.26 Å². The molecule has 0 spiro atoms. The second-order valence-electron chi connectivity index (χ2n) is 6.69. The molecule has 1 aliphatic heterocycles. The van der Waals surface area contributed by atoms with E-state index in [0.29, 0.717) is 23.4 Å². The van der Waals surface area contributed by atoms with Crippen molar-refractivity contribution in [3.63, 3.8) is 0 Å². The summed E-state index contributed by atoms with van der Waals surface area (Å²) in [7, 11) is -7.17. The molecule has 1 amide bonds. The first-order valence-electron chi connectivity index (χ1n) is 8.71. The monoisotopic (exact) mass is 453 g/mol. The van der Waals surface area contributed by atoms with Crippen LogP contribution in [0.25, 0.3) is 0 Å². The van der Waals surface area contributed by atoms with Gasteiger partial charge in [-0.3, -0.25) is 4.79 Å².